The van der Waals surface area contributed by atoms with Gasteiger partial charge in [0.1, 0.15) is 5.54 Å². The summed E-state index contributed by atoms with van der Waals surface area (Å²) in [6.07, 6.45) is 6.34. The first-order valence-electron chi connectivity index (χ1n) is 9.80. The van der Waals surface area contributed by atoms with Crippen molar-refractivity contribution < 1.29 is 9.59 Å². The van der Waals surface area contributed by atoms with Gasteiger partial charge in [-0.2, -0.15) is 0 Å². The van der Waals surface area contributed by atoms with Gasteiger partial charge in [-0.3, -0.25) is 9.59 Å². The number of hydrogen-bond donors (Lipinski definition) is 0. The van der Waals surface area contributed by atoms with Crippen molar-refractivity contribution in [3.8, 4) is 0 Å². The zero-order chi connectivity index (χ0) is 18.2. The minimum atomic E-state index is -0.751. The molecule has 4 nitrogen and oxygen atoms in total. The minimum absolute atomic E-state index is 0.0593. The molecule has 0 atom stereocenters. The van der Waals surface area contributed by atoms with Gasteiger partial charge in [-0.1, -0.05) is 15.9 Å². The average molecular weight is 417 g/mol. The number of amides is 2. The van der Waals surface area contributed by atoms with E-state index in [0.29, 0.717) is 17.4 Å². The maximum absolute atomic E-state index is 13.3. The minimum Gasteiger partial charge on any atom is -0.270 e. The lowest BCUT2D eigenvalue weighted by molar-refractivity contribution is -0.230. The fraction of sp³-hybridized carbons (Fsp3) is 0.619. The van der Waals surface area contributed by atoms with Crippen LogP contribution in [0.3, 0.4) is 0 Å². The van der Waals surface area contributed by atoms with E-state index in [-0.39, 0.29) is 17.9 Å². The molecule has 5 fully saturated rings. The van der Waals surface area contributed by atoms with E-state index >= 15 is 0 Å². The SMILES string of the molecule is CC1(C)C(=O)N(C2C3CC4CC(C3)CC2C4)N1C(=O)c1ccc(Br)cc1. The Bertz CT molecular complexity index is 745. The molecule has 26 heavy (non-hydrogen) atoms. The summed E-state index contributed by atoms with van der Waals surface area (Å²) in [5.41, 5.74) is -0.110. The summed E-state index contributed by atoms with van der Waals surface area (Å²) in [5, 5.41) is 3.61. The van der Waals surface area contributed by atoms with Crippen LogP contribution >= 0.6 is 15.9 Å². The highest BCUT2D eigenvalue weighted by Gasteiger charge is 2.62. The van der Waals surface area contributed by atoms with Crippen molar-refractivity contribution in [2.75, 3.05) is 0 Å². The van der Waals surface area contributed by atoms with Gasteiger partial charge in [0.25, 0.3) is 11.8 Å². The van der Waals surface area contributed by atoms with Crippen LogP contribution in [0, 0.1) is 23.7 Å². The predicted octanol–water partition coefficient (Wildman–Crippen LogP) is 4.25. The van der Waals surface area contributed by atoms with Gasteiger partial charge in [-0.25, -0.2) is 10.0 Å². The van der Waals surface area contributed by atoms with E-state index in [1.54, 1.807) is 5.01 Å². The molecule has 1 aromatic carbocycles. The first-order chi connectivity index (χ1) is 12.4. The largest absolute Gasteiger partial charge is 0.273 e. The molecule has 1 aromatic rings. The molecule has 6 rings (SSSR count). The molecule has 0 aromatic heterocycles. The fourth-order valence-corrected chi connectivity index (χ4v) is 6.58. The summed E-state index contributed by atoms with van der Waals surface area (Å²) in [5.74, 6) is 2.91. The van der Waals surface area contributed by atoms with Crippen molar-refractivity contribution in [2.24, 2.45) is 23.7 Å². The van der Waals surface area contributed by atoms with Crippen LogP contribution in [-0.2, 0) is 4.79 Å². The van der Waals surface area contributed by atoms with Crippen LogP contribution in [0.5, 0.6) is 0 Å². The van der Waals surface area contributed by atoms with Crippen LogP contribution < -0.4 is 0 Å². The van der Waals surface area contributed by atoms with Crippen LogP contribution in [0.25, 0.3) is 0 Å². The molecule has 1 saturated heterocycles. The van der Waals surface area contributed by atoms with E-state index in [0.717, 1.165) is 16.3 Å². The monoisotopic (exact) mass is 416 g/mol. The quantitative estimate of drug-likeness (QED) is 0.722. The van der Waals surface area contributed by atoms with E-state index in [1.165, 1.54) is 32.1 Å². The number of hydrazine groups is 1. The van der Waals surface area contributed by atoms with Crippen molar-refractivity contribution in [3.05, 3.63) is 34.3 Å². The van der Waals surface area contributed by atoms with Crippen LogP contribution in [-0.4, -0.2) is 33.4 Å². The highest BCUT2D eigenvalue weighted by atomic mass is 79.9. The summed E-state index contributed by atoms with van der Waals surface area (Å²) in [6, 6.07) is 7.66. The number of hydrogen-bond acceptors (Lipinski definition) is 2. The second-order valence-electron chi connectivity index (χ2n) is 9.25. The first kappa shape index (κ1) is 16.8. The number of nitrogens with zero attached hydrogens (tertiary/aromatic N) is 2. The Hall–Kier alpha value is -1.36. The highest BCUT2D eigenvalue weighted by molar-refractivity contribution is 9.10. The van der Waals surface area contributed by atoms with Crippen molar-refractivity contribution >= 4 is 27.7 Å². The van der Waals surface area contributed by atoms with E-state index < -0.39 is 5.54 Å². The third-order valence-corrected chi connectivity index (χ3v) is 7.75. The molecule has 4 bridgehead atoms. The molecule has 4 saturated carbocycles. The third kappa shape index (κ3) is 2.25. The van der Waals surface area contributed by atoms with Crippen molar-refractivity contribution in [3.63, 3.8) is 0 Å². The maximum Gasteiger partial charge on any atom is 0.273 e. The molecule has 0 unspecified atom stereocenters. The Morgan fingerprint density at radius 1 is 1.00 bits per heavy atom. The molecule has 1 heterocycles. The number of carbonyl (C=O) groups excluding carboxylic acids is 2. The summed E-state index contributed by atoms with van der Waals surface area (Å²) in [7, 11) is 0. The molecule has 0 N–H and O–H groups in total. The smallest absolute Gasteiger partial charge is 0.270 e. The van der Waals surface area contributed by atoms with Gasteiger partial charge < -0.3 is 0 Å². The summed E-state index contributed by atoms with van der Waals surface area (Å²) in [4.78, 5) is 26.3. The fourth-order valence-electron chi connectivity index (χ4n) is 6.32. The second-order valence-corrected chi connectivity index (χ2v) is 10.2. The Balaban J connectivity index is 1.47. The summed E-state index contributed by atoms with van der Waals surface area (Å²) < 4.78 is 0.950. The Morgan fingerprint density at radius 3 is 2.08 bits per heavy atom. The van der Waals surface area contributed by atoms with Gasteiger partial charge in [-0.05, 0) is 93.9 Å². The summed E-state index contributed by atoms with van der Waals surface area (Å²) in [6.45, 7) is 3.75. The molecule has 5 heteroatoms. The van der Waals surface area contributed by atoms with Gasteiger partial charge in [0.15, 0.2) is 0 Å². The topological polar surface area (TPSA) is 40.6 Å². The van der Waals surface area contributed by atoms with Gasteiger partial charge in [0.05, 0.1) is 6.04 Å². The number of halogens is 1. The zero-order valence-electron chi connectivity index (χ0n) is 15.3. The molecule has 4 aliphatic carbocycles. The van der Waals surface area contributed by atoms with Crippen molar-refractivity contribution in [1.82, 2.24) is 10.0 Å². The van der Waals surface area contributed by atoms with E-state index in [1.807, 2.05) is 43.1 Å². The van der Waals surface area contributed by atoms with Crippen LogP contribution in [0.2, 0.25) is 0 Å². The van der Waals surface area contributed by atoms with Crippen LogP contribution in [0.1, 0.15) is 56.3 Å². The number of rotatable bonds is 2. The van der Waals surface area contributed by atoms with Crippen LogP contribution in [0.15, 0.2) is 28.7 Å². The molecular weight excluding hydrogens is 392 g/mol. The predicted molar refractivity (Wildman–Crippen MR) is 102 cm³/mol. The Labute approximate surface area is 163 Å². The molecule has 5 aliphatic rings. The zero-order valence-corrected chi connectivity index (χ0v) is 16.9. The maximum atomic E-state index is 13.3. The lowest BCUT2D eigenvalue weighted by atomic mass is 9.53. The Kier molecular flexibility index (Phi) is 3.60. The molecule has 138 valence electrons. The lowest BCUT2D eigenvalue weighted by Crippen LogP contribution is -2.80. The number of carbonyl (C=O) groups is 2. The van der Waals surface area contributed by atoms with Gasteiger partial charge in [-0.15, -0.1) is 0 Å². The Morgan fingerprint density at radius 2 is 1.54 bits per heavy atom. The van der Waals surface area contributed by atoms with Crippen molar-refractivity contribution in [2.45, 2.75) is 57.5 Å². The van der Waals surface area contributed by atoms with Crippen LogP contribution in [0.4, 0.5) is 0 Å². The van der Waals surface area contributed by atoms with E-state index in [2.05, 4.69) is 15.9 Å². The van der Waals surface area contributed by atoms with Gasteiger partial charge in [0.2, 0.25) is 0 Å². The van der Waals surface area contributed by atoms with Gasteiger partial charge >= 0.3 is 0 Å². The number of benzene rings is 1. The molecule has 1 aliphatic heterocycles. The first-order valence-corrected chi connectivity index (χ1v) is 10.6. The van der Waals surface area contributed by atoms with E-state index in [4.69, 9.17) is 0 Å². The molecular formula is C21H25BrN2O2. The standard InChI is InChI=1S/C21H25BrN2O2/c1-21(2)20(26)23(24(21)19(25)14-3-5-17(22)6-4-14)18-15-8-12-7-13(10-15)11-16(18)9-12/h3-6,12-13,15-16,18H,7-11H2,1-2H3. The third-order valence-electron chi connectivity index (χ3n) is 7.22. The average Bonchev–Trinajstić information content (AvgIpc) is 2.59. The van der Waals surface area contributed by atoms with E-state index in [9.17, 15) is 9.59 Å². The molecule has 0 radical (unpaired) electrons. The lowest BCUT2D eigenvalue weighted by Gasteiger charge is -2.65. The molecule has 2 amide bonds. The molecule has 0 spiro atoms. The normalized spacial score (nSPS) is 37.0. The van der Waals surface area contributed by atoms with Crippen molar-refractivity contribution in [1.29, 1.82) is 0 Å². The summed E-state index contributed by atoms with van der Waals surface area (Å²) >= 11 is 3.42. The highest BCUT2D eigenvalue weighted by Crippen LogP contribution is 2.57. The second kappa shape index (κ2) is 5.57. The van der Waals surface area contributed by atoms with Gasteiger partial charge in [0, 0.05) is 10.0 Å².